The summed E-state index contributed by atoms with van der Waals surface area (Å²) in [5.74, 6) is 0. The zero-order chi connectivity index (χ0) is 16.4. The Morgan fingerprint density at radius 1 is 1.30 bits per heavy atom. The Balaban J connectivity index is 1.92. The smallest absolute Gasteiger partial charge is 0.292 e. The molecular formula is C16H15ClN4OS. The van der Waals surface area contributed by atoms with Gasteiger partial charge in [0.25, 0.3) is 5.56 Å². The number of benzene rings is 1. The van der Waals surface area contributed by atoms with Crippen molar-refractivity contribution in [3.05, 3.63) is 68.0 Å². The Morgan fingerprint density at radius 3 is 2.70 bits per heavy atom. The average molecular weight is 347 g/mol. The van der Waals surface area contributed by atoms with Crippen LogP contribution in [-0.4, -0.2) is 21.8 Å². The van der Waals surface area contributed by atoms with Crippen molar-refractivity contribution in [1.82, 2.24) is 14.8 Å². The number of hydrogen-bond acceptors (Lipinski definition) is 5. The lowest BCUT2D eigenvalue weighted by molar-refractivity contribution is 0.792. The molecule has 0 unspecified atom stereocenters. The Morgan fingerprint density at radius 2 is 2.04 bits per heavy atom. The van der Waals surface area contributed by atoms with Crippen molar-refractivity contribution in [3.8, 4) is 5.69 Å². The fourth-order valence-electron chi connectivity index (χ4n) is 2.25. The number of thiazole rings is 1. The fourth-order valence-corrected chi connectivity index (χ4v) is 3.13. The van der Waals surface area contributed by atoms with Gasteiger partial charge in [0.1, 0.15) is 5.02 Å². The van der Waals surface area contributed by atoms with Crippen LogP contribution in [-0.2, 0) is 6.54 Å². The van der Waals surface area contributed by atoms with Crippen molar-refractivity contribution in [2.24, 2.45) is 0 Å². The highest BCUT2D eigenvalue weighted by Crippen LogP contribution is 2.22. The van der Waals surface area contributed by atoms with Crippen LogP contribution in [0, 0.1) is 6.92 Å². The van der Waals surface area contributed by atoms with Gasteiger partial charge in [0.15, 0.2) is 0 Å². The minimum Gasteiger partial charge on any atom is -0.366 e. The molecule has 23 heavy (non-hydrogen) atoms. The molecule has 0 aliphatic rings. The van der Waals surface area contributed by atoms with Gasteiger partial charge in [-0.05, 0) is 19.1 Å². The van der Waals surface area contributed by atoms with Crippen molar-refractivity contribution in [1.29, 1.82) is 0 Å². The number of hydrogen-bond donors (Lipinski definition) is 0. The Kier molecular flexibility index (Phi) is 4.45. The van der Waals surface area contributed by atoms with E-state index < -0.39 is 0 Å². The van der Waals surface area contributed by atoms with Gasteiger partial charge in [0.2, 0.25) is 0 Å². The van der Waals surface area contributed by atoms with E-state index in [1.165, 1.54) is 4.68 Å². The van der Waals surface area contributed by atoms with Gasteiger partial charge in [-0.1, -0.05) is 29.8 Å². The quantitative estimate of drug-likeness (QED) is 0.727. The van der Waals surface area contributed by atoms with Crippen molar-refractivity contribution >= 4 is 28.6 Å². The van der Waals surface area contributed by atoms with E-state index in [-0.39, 0.29) is 10.6 Å². The summed E-state index contributed by atoms with van der Waals surface area (Å²) in [5, 5.41) is 7.40. The number of para-hydroxylation sites is 1. The van der Waals surface area contributed by atoms with E-state index in [0.29, 0.717) is 17.9 Å². The molecule has 0 saturated heterocycles. The molecule has 7 heteroatoms. The normalized spacial score (nSPS) is 10.7. The van der Waals surface area contributed by atoms with E-state index in [1.54, 1.807) is 17.5 Å². The Bertz CT molecular complexity index is 875. The molecule has 1 aromatic carbocycles. The van der Waals surface area contributed by atoms with Crippen LogP contribution < -0.4 is 10.5 Å². The maximum Gasteiger partial charge on any atom is 0.292 e. The average Bonchev–Trinajstić information content (AvgIpc) is 2.95. The molecule has 118 valence electrons. The SMILES string of the molecule is Cc1nc(CN(C)c2cnn(-c3ccccc3)c(=O)c2Cl)cs1. The van der Waals surface area contributed by atoms with Gasteiger partial charge in [0.05, 0.1) is 34.8 Å². The highest BCUT2D eigenvalue weighted by atomic mass is 35.5. The van der Waals surface area contributed by atoms with Crippen molar-refractivity contribution in [2.45, 2.75) is 13.5 Å². The summed E-state index contributed by atoms with van der Waals surface area (Å²) in [7, 11) is 1.86. The van der Waals surface area contributed by atoms with Crippen LogP contribution in [0.15, 0.2) is 46.7 Å². The van der Waals surface area contributed by atoms with Gasteiger partial charge in [0, 0.05) is 12.4 Å². The van der Waals surface area contributed by atoms with Gasteiger partial charge in [-0.3, -0.25) is 4.79 Å². The maximum atomic E-state index is 12.5. The number of aromatic nitrogens is 3. The number of halogens is 1. The highest BCUT2D eigenvalue weighted by Gasteiger charge is 2.14. The van der Waals surface area contributed by atoms with Crippen LogP contribution in [0.4, 0.5) is 5.69 Å². The molecule has 2 heterocycles. The number of nitrogens with zero attached hydrogens (tertiary/aromatic N) is 4. The third-order valence-electron chi connectivity index (χ3n) is 3.38. The van der Waals surface area contributed by atoms with Crippen LogP contribution in [0.3, 0.4) is 0 Å². The molecule has 0 bridgehead atoms. The van der Waals surface area contributed by atoms with E-state index in [2.05, 4.69) is 10.1 Å². The summed E-state index contributed by atoms with van der Waals surface area (Å²) in [6.07, 6.45) is 1.61. The van der Waals surface area contributed by atoms with Gasteiger partial charge in [-0.25, -0.2) is 4.98 Å². The first-order valence-electron chi connectivity index (χ1n) is 7.01. The number of aryl methyl sites for hydroxylation is 1. The topological polar surface area (TPSA) is 51.0 Å². The van der Waals surface area contributed by atoms with E-state index >= 15 is 0 Å². The lowest BCUT2D eigenvalue weighted by atomic mass is 10.3. The first kappa shape index (κ1) is 15.7. The third kappa shape index (κ3) is 3.28. The molecule has 0 atom stereocenters. The maximum absolute atomic E-state index is 12.5. The Hall–Kier alpha value is -2.18. The molecule has 0 spiro atoms. The van der Waals surface area contributed by atoms with E-state index in [0.717, 1.165) is 10.7 Å². The molecule has 3 rings (SSSR count). The van der Waals surface area contributed by atoms with Gasteiger partial charge in [-0.15, -0.1) is 11.3 Å². The van der Waals surface area contributed by atoms with Crippen LogP contribution in [0.25, 0.3) is 5.69 Å². The van der Waals surface area contributed by atoms with E-state index in [1.807, 2.05) is 54.6 Å². The van der Waals surface area contributed by atoms with E-state index in [4.69, 9.17) is 11.6 Å². The lowest BCUT2D eigenvalue weighted by Crippen LogP contribution is -2.26. The van der Waals surface area contributed by atoms with Gasteiger partial charge < -0.3 is 4.90 Å². The molecule has 0 aliphatic carbocycles. The van der Waals surface area contributed by atoms with E-state index in [9.17, 15) is 4.79 Å². The predicted octanol–water partition coefficient (Wildman–Crippen LogP) is 3.29. The molecule has 2 aromatic heterocycles. The molecule has 0 amide bonds. The second-order valence-corrected chi connectivity index (χ2v) is 6.55. The third-order valence-corrected chi connectivity index (χ3v) is 4.56. The van der Waals surface area contributed by atoms with Gasteiger partial charge in [-0.2, -0.15) is 9.78 Å². The lowest BCUT2D eigenvalue weighted by Gasteiger charge is -2.19. The molecule has 0 fully saturated rings. The van der Waals surface area contributed by atoms with Crippen molar-refractivity contribution in [2.75, 3.05) is 11.9 Å². The summed E-state index contributed by atoms with van der Waals surface area (Å²) in [4.78, 5) is 18.8. The molecule has 3 aromatic rings. The molecular weight excluding hydrogens is 332 g/mol. The van der Waals surface area contributed by atoms with Crippen LogP contribution >= 0.6 is 22.9 Å². The fraction of sp³-hybridized carbons (Fsp3) is 0.188. The minimum absolute atomic E-state index is 0.151. The van der Waals surface area contributed by atoms with Crippen LogP contribution in [0.5, 0.6) is 0 Å². The zero-order valence-electron chi connectivity index (χ0n) is 12.7. The monoisotopic (exact) mass is 346 g/mol. The highest BCUT2D eigenvalue weighted by molar-refractivity contribution is 7.09. The first-order chi connectivity index (χ1) is 11.1. The molecule has 0 radical (unpaired) electrons. The second kappa shape index (κ2) is 6.52. The van der Waals surface area contributed by atoms with Gasteiger partial charge >= 0.3 is 0 Å². The summed E-state index contributed by atoms with van der Waals surface area (Å²) >= 11 is 7.88. The van der Waals surface area contributed by atoms with Crippen LogP contribution in [0.2, 0.25) is 5.02 Å². The minimum atomic E-state index is -0.336. The molecule has 5 nitrogen and oxygen atoms in total. The molecule has 0 aliphatic heterocycles. The standard InChI is InChI=1S/C16H15ClN4OS/c1-11-19-12(10-23-11)9-20(2)14-8-18-21(16(22)15(14)17)13-6-4-3-5-7-13/h3-8,10H,9H2,1-2H3. The first-order valence-corrected chi connectivity index (χ1v) is 8.27. The number of rotatable bonds is 4. The van der Waals surface area contributed by atoms with Crippen LogP contribution in [0.1, 0.15) is 10.7 Å². The summed E-state index contributed by atoms with van der Waals surface area (Å²) in [6, 6.07) is 9.20. The number of anilines is 1. The Labute approximate surface area is 142 Å². The largest absolute Gasteiger partial charge is 0.366 e. The summed E-state index contributed by atoms with van der Waals surface area (Å²) in [5.41, 5.74) is 1.88. The van der Waals surface area contributed by atoms with Crippen molar-refractivity contribution < 1.29 is 0 Å². The summed E-state index contributed by atoms with van der Waals surface area (Å²) < 4.78 is 1.30. The molecule has 0 N–H and O–H groups in total. The second-order valence-electron chi connectivity index (χ2n) is 5.11. The summed E-state index contributed by atoms with van der Waals surface area (Å²) in [6.45, 7) is 2.53. The molecule has 0 saturated carbocycles. The predicted molar refractivity (Wildman–Crippen MR) is 93.8 cm³/mol. The van der Waals surface area contributed by atoms with Crippen molar-refractivity contribution in [3.63, 3.8) is 0 Å². The zero-order valence-corrected chi connectivity index (χ0v) is 14.3.